The smallest absolute Gasteiger partial charge is 0.0707 e. The van der Waals surface area contributed by atoms with Gasteiger partial charge in [-0.2, -0.15) is 0 Å². The van der Waals surface area contributed by atoms with Crippen molar-refractivity contribution in [3.8, 4) is 0 Å². The van der Waals surface area contributed by atoms with Crippen LogP contribution in [0, 0.1) is 6.92 Å². The number of aryl methyl sites for hydroxylation is 1. The number of hydrogen-bond donors (Lipinski definition) is 1. The molecule has 0 radical (unpaired) electrons. The van der Waals surface area contributed by atoms with Gasteiger partial charge in [0, 0.05) is 12.3 Å². The van der Waals surface area contributed by atoms with Gasteiger partial charge in [-0.05, 0) is 25.5 Å². The van der Waals surface area contributed by atoms with E-state index < -0.39 is 0 Å². The van der Waals surface area contributed by atoms with Gasteiger partial charge in [-0.3, -0.25) is 4.98 Å². The molecule has 0 aliphatic carbocycles. The maximum atomic E-state index is 5.92. The Morgan fingerprint density at radius 3 is 2.93 bits per heavy atom. The van der Waals surface area contributed by atoms with Crippen LogP contribution in [-0.4, -0.2) is 18.2 Å². The zero-order valence-corrected chi connectivity index (χ0v) is 8.86. The third-order valence-corrected chi connectivity index (χ3v) is 1.94. The molecular weight excluding hydrogens is 176 g/mol. The minimum absolute atomic E-state index is 0.110. The summed E-state index contributed by atoms with van der Waals surface area (Å²) in [4.78, 5) is 4.35. The summed E-state index contributed by atoms with van der Waals surface area (Å²) in [5.74, 6) is 0. The van der Waals surface area contributed by atoms with E-state index in [1.165, 1.54) is 0 Å². The molecule has 1 rings (SSSR count). The molecule has 0 spiro atoms. The molecule has 0 saturated carbocycles. The summed E-state index contributed by atoms with van der Waals surface area (Å²) in [6.07, 6.45) is 1.02. The number of rotatable bonds is 5. The van der Waals surface area contributed by atoms with Crippen LogP contribution in [-0.2, 0) is 4.74 Å². The third kappa shape index (κ3) is 3.44. The standard InChI is InChI=1S/C11H18N2O/c1-3-7-14-8-10(12)11-6-4-5-9(2)13-11/h4-6,10H,3,7-8,12H2,1-2H3. The third-order valence-electron chi connectivity index (χ3n) is 1.94. The first-order valence-electron chi connectivity index (χ1n) is 5.01. The summed E-state index contributed by atoms with van der Waals surface area (Å²) >= 11 is 0. The van der Waals surface area contributed by atoms with Crippen molar-refractivity contribution in [3.05, 3.63) is 29.6 Å². The van der Waals surface area contributed by atoms with Crippen molar-refractivity contribution in [2.24, 2.45) is 5.73 Å². The molecule has 78 valence electrons. The minimum Gasteiger partial charge on any atom is -0.379 e. The van der Waals surface area contributed by atoms with E-state index in [0.29, 0.717) is 6.61 Å². The Morgan fingerprint density at radius 2 is 2.29 bits per heavy atom. The molecule has 0 saturated heterocycles. The van der Waals surface area contributed by atoms with Crippen molar-refractivity contribution in [2.45, 2.75) is 26.3 Å². The second-order valence-corrected chi connectivity index (χ2v) is 3.39. The second kappa shape index (κ2) is 5.73. The summed E-state index contributed by atoms with van der Waals surface area (Å²) in [6, 6.07) is 5.76. The SMILES string of the molecule is CCCOCC(N)c1cccc(C)n1. The van der Waals surface area contributed by atoms with E-state index in [2.05, 4.69) is 11.9 Å². The van der Waals surface area contributed by atoms with E-state index in [0.717, 1.165) is 24.4 Å². The van der Waals surface area contributed by atoms with Gasteiger partial charge in [0.25, 0.3) is 0 Å². The van der Waals surface area contributed by atoms with E-state index >= 15 is 0 Å². The van der Waals surface area contributed by atoms with E-state index in [-0.39, 0.29) is 6.04 Å². The van der Waals surface area contributed by atoms with Gasteiger partial charge in [-0.15, -0.1) is 0 Å². The van der Waals surface area contributed by atoms with E-state index in [1.807, 2.05) is 25.1 Å². The second-order valence-electron chi connectivity index (χ2n) is 3.39. The Morgan fingerprint density at radius 1 is 1.50 bits per heavy atom. The quantitative estimate of drug-likeness (QED) is 0.727. The summed E-state index contributed by atoms with van der Waals surface area (Å²) in [5, 5.41) is 0. The number of nitrogens with zero attached hydrogens (tertiary/aromatic N) is 1. The number of nitrogens with two attached hydrogens (primary N) is 1. The maximum absolute atomic E-state index is 5.92. The molecular formula is C11H18N2O. The zero-order chi connectivity index (χ0) is 10.4. The Balaban J connectivity index is 2.47. The number of pyridine rings is 1. The molecule has 1 atom stereocenters. The van der Waals surface area contributed by atoms with E-state index in [9.17, 15) is 0 Å². The number of ether oxygens (including phenoxy) is 1. The summed E-state index contributed by atoms with van der Waals surface area (Å²) in [6.45, 7) is 5.35. The van der Waals surface area contributed by atoms with Gasteiger partial charge in [-0.25, -0.2) is 0 Å². The van der Waals surface area contributed by atoms with Crippen LogP contribution >= 0.6 is 0 Å². The number of hydrogen-bond acceptors (Lipinski definition) is 3. The molecule has 0 amide bonds. The van der Waals surface area contributed by atoms with Crippen LogP contribution in [0.1, 0.15) is 30.8 Å². The fourth-order valence-corrected chi connectivity index (χ4v) is 1.21. The van der Waals surface area contributed by atoms with Crippen LogP contribution in [0.15, 0.2) is 18.2 Å². The van der Waals surface area contributed by atoms with Gasteiger partial charge >= 0.3 is 0 Å². The largest absolute Gasteiger partial charge is 0.379 e. The van der Waals surface area contributed by atoms with Gasteiger partial charge in [0.05, 0.1) is 18.3 Å². The van der Waals surface area contributed by atoms with Crippen LogP contribution in [0.4, 0.5) is 0 Å². The van der Waals surface area contributed by atoms with Gasteiger partial charge < -0.3 is 10.5 Å². The van der Waals surface area contributed by atoms with Crippen molar-refractivity contribution in [3.63, 3.8) is 0 Å². The van der Waals surface area contributed by atoms with Crippen LogP contribution in [0.2, 0.25) is 0 Å². The monoisotopic (exact) mass is 194 g/mol. The first-order valence-corrected chi connectivity index (χ1v) is 5.01. The van der Waals surface area contributed by atoms with Crippen LogP contribution in [0.5, 0.6) is 0 Å². The highest BCUT2D eigenvalue weighted by Gasteiger charge is 2.06. The Kier molecular flexibility index (Phi) is 4.56. The normalized spacial score (nSPS) is 12.8. The van der Waals surface area contributed by atoms with E-state index in [1.54, 1.807) is 0 Å². The van der Waals surface area contributed by atoms with Crippen molar-refractivity contribution in [1.82, 2.24) is 4.98 Å². The molecule has 3 heteroatoms. The van der Waals surface area contributed by atoms with Gasteiger partial charge in [0.15, 0.2) is 0 Å². The van der Waals surface area contributed by atoms with Crippen LogP contribution in [0.25, 0.3) is 0 Å². The molecule has 0 bridgehead atoms. The zero-order valence-electron chi connectivity index (χ0n) is 8.86. The number of aromatic nitrogens is 1. The Labute approximate surface area is 85.3 Å². The fourth-order valence-electron chi connectivity index (χ4n) is 1.21. The highest BCUT2D eigenvalue weighted by atomic mass is 16.5. The lowest BCUT2D eigenvalue weighted by Crippen LogP contribution is -2.18. The molecule has 1 unspecified atom stereocenters. The average molecular weight is 194 g/mol. The fraction of sp³-hybridized carbons (Fsp3) is 0.545. The van der Waals surface area contributed by atoms with Gasteiger partial charge in [0.1, 0.15) is 0 Å². The maximum Gasteiger partial charge on any atom is 0.0707 e. The average Bonchev–Trinajstić information content (AvgIpc) is 2.18. The molecule has 1 aromatic rings. The molecule has 1 aromatic heterocycles. The molecule has 0 aromatic carbocycles. The lowest BCUT2D eigenvalue weighted by molar-refractivity contribution is 0.120. The summed E-state index contributed by atoms with van der Waals surface area (Å²) in [7, 11) is 0. The lowest BCUT2D eigenvalue weighted by atomic mass is 10.2. The van der Waals surface area contributed by atoms with Crippen molar-refractivity contribution in [2.75, 3.05) is 13.2 Å². The predicted molar refractivity (Wildman–Crippen MR) is 57.0 cm³/mol. The van der Waals surface area contributed by atoms with Crippen molar-refractivity contribution in [1.29, 1.82) is 0 Å². The summed E-state index contributed by atoms with van der Waals surface area (Å²) < 4.78 is 5.37. The highest BCUT2D eigenvalue weighted by molar-refractivity contribution is 5.12. The van der Waals surface area contributed by atoms with Gasteiger partial charge in [-0.1, -0.05) is 13.0 Å². The van der Waals surface area contributed by atoms with Crippen molar-refractivity contribution >= 4 is 0 Å². The minimum atomic E-state index is -0.110. The topological polar surface area (TPSA) is 48.1 Å². The van der Waals surface area contributed by atoms with E-state index in [4.69, 9.17) is 10.5 Å². The molecule has 0 fully saturated rings. The lowest BCUT2D eigenvalue weighted by Gasteiger charge is -2.11. The predicted octanol–water partition coefficient (Wildman–Crippen LogP) is 1.82. The molecule has 2 N–H and O–H groups in total. The molecule has 1 heterocycles. The Hall–Kier alpha value is -0.930. The van der Waals surface area contributed by atoms with Crippen LogP contribution < -0.4 is 5.73 Å². The first-order chi connectivity index (χ1) is 6.74. The van der Waals surface area contributed by atoms with Crippen LogP contribution in [0.3, 0.4) is 0 Å². The van der Waals surface area contributed by atoms with Crippen molar-refractivity contribution < 1.29 is 4.74 Å². The highest BCUT2D eigenvalue weighted by Crippen LogP contribution is 2.08. The summed E-state index contributed by atoms with van der Waals surface area (Å²) in [5.41, 5.74) is 7.81. The Bertz CT molecular complexity index is 276. The molecule has 14 heavy (non-hydrogen) atoms. The molecule has 0 aliphatic rings. The van der Waals surface area contributed by atoms with Gasteiger partial charge in [0.2, 0.25) is 0 Å². The first kappa shape index (κ1) is 11.1. The molecule has 3 nitrogen and oxygen atoms in total. The molecule has 0 aliphatic heterocycles.